The van der Waals surface area contributed by atoms with E-state index in [9.17, 15) is 14.4 Å². The standard InChI is InChI=1S/C30H42N4O6S/c1-18(35)32-22-10-8-19-16-26(38-4)28(39-5)29(40-6)27(19)20-9-11-23(25(36)17-21(20)22)33-24(12-15-41-7)30(37)31-13-14-34(2)3/h9,11,16-17,22,24H,8,10,12-15H2,1-7H3,(H,31,37)(H,32,35)(H,33,36)/t22-,24-/m1/s1. The largest absolute Gasteiger partial charge is 0.493 e. The second kappa shape index (κ2) is 15.0. The molecule has 0 aliphatic heterocycles. The molecule has 0 heterocycles. The molecule has 1 aliphatic rings. The Bertz CT molecular complexity index is 1300. The lowest BCUT2D eigenvalue weighted by Gasteiger charge is -2.19. The topological polar surface area (TPSA) is 118 Å². The van der Waals surface area contributed by atoms with Gasteiger partial charge in [-0.25, -0.2) is 0 Å². The quantitative estimate of drug-likeness (QED) is 0.325. The monoisotopic (exact) mass is 586 g/mol. The van der Waals surface area contributed by atoms with E-state index < -0.39 is 12.1 Å². The van der Waals surface area contributed by atoms with Gasteiger partial charge in [-0.15, -0.1) is 0 Å². The van der Waals surface area contributed by atoms with Crippen LogP contribution in [0.3, 0.4) is 0 Å². The Labute approximate surface area is 246 Å². The highest BCUT2D eigenvalue weighted by molar-refractivity contribution is 7.98. The first-order chi connectivity index (χ1) is 19.6. The number of aryl methyl sites for hydroxylation is 1. The van der Waals surface area contributed by atoms with E-state index in [2.05, 4.69) is 16.0 Å². The number of fused-ring (bicyclic) bond motifs is 3. The zero-order valence-corrected chi connectivity index (χ0v) is 25.8. The first-order valence-electron chi connectivity index (χ1n) is 13.6. The Hall–Kier alpha value is -3.44. The number of benzene rings is 1. The molecule has 10 nitrogen and oxygen atoms in total. The van der Waals surface area contributed by atoms with Crippen LogP contribution in [-0.4, -0.2) is 83.3 Å². The number of methoxy groups -OCH3 is 3. The molecule has 2 amide bonds. The fraction of sp³-hybridized carbons (Fsp3) is 0.500. The average molecular weight is 587 g/mol. The highest BCUT2D eigenvalue weighted by Crippen LogP contribution is 2.50. The van der Waals surface area contributed by atoms with Gasteiger partial charge in [-0.1, -0.05) is 6.07 Å². The van der Waals surface area contributed by atoms with Crippen LogP contribution in [0, 0.1) is 0 Å². The first-order valence-corrected chi connectivity index (χ1v) is 15.0. The van der Waals surface area contributed by atoms with Crippen molar-refractivity contribution in [3.63, 3.8) is 0 Å². The van der Waals surface area contributed by atoms with Crippen molar-refractivity contribution in [3.8, 4) is 28.4 Å². The van der Waals surface area contributed by atoms with Gasteiger partial charge in [0.2, 0.25) is 23.0 Å². The number of amides is 2. The van der Waals surface area contributed by atoms with Gasteiger partial charge in [-0.05, 0) is 80.3 Å². The fourth-order valence-corrected chi connectivity index (χ4v) is 5.52. The summed E-state index contributed by atoms with van der Waals surface area (Å²) < 4.78 is 17.1. The van der Waals surface area contributed by atoms with Crippen molar-refractivity contribution in [1.29, 1.82) is 0 Å². The van der Waals surface area contributed by atoms with Crippen molar-refractivity contribution >= 4 is 29.3 Å². The van der Waals surface area contributed by atoms with Gasteiger partial charge in [0, 0.05) is 25.6 Å². The summed E-state index contributed by atoms with van der Waals surface area (Å²) in [5, 5.41) is 9.20. The summed E-state index contributed by atoms with van der Waals surface area (Å²) in [5.41, 5.74) is 3.14. The van der Waals surface area contributed by atoms with Crippen molar-refractivity contribution in [2.24, 2.45) is 0 Å². The Balaban J connectivity index is 2.16. The zero-order valence-electron chi connectivity index (χ0n) is 25.0. The number of hydrogen-bond donors (Lipinski definition) is 3. The molecule has 2 aromatic carbocycles. The Morgan fingerprint density at radius 3 is 2.44 bits per heavy atom. The van der Waals surface area contributed by atoms with Gasteiger partial charge in [0.05, 0.1) is 33.1 Å². The van der Waals surface area contributed by atoms with Gasteiger partial charge in [0.1, 0.15) is 6.04 Å². The summed E-state index contributed by atoms with van der Waals surface area (Å²) in [4.78, 5) is 40.9. The van der Waals surface area contributed by atoms with E-state index >= 15 is 0 Å². The number of thioether (sulfide) groups is 1. The van der Waals surface area contributed by atoms with Gasteiger partial charge in [0.15, 0.2) is 11.5 Å². The van der Waals surface area contributed by atoms with Crippen LogP contribution in [0.25, 0.3) is 11.1 Å². The Kier molecular flexibility index (Phi) is 11.7. The van der Waals surface area contributed by atoms with Crippen molar-refractivity contribution in [3.05, 3.63) is 45.6 Å². The molecule has 0 unspecified atom stereocenters. The van der Waals surface area contributed by atoms with E-state index in [0.29, 0.717) is 60.9 Å². The highest BCUT2D eigenvalue weighted by atomic mass is 32.2. The summed E-state index contributed by atoms with van der Waals surface area (Å²) >= 11 is 1.64. The molecular formula is C30H42N4O6S. The predicted octanol–water partition coefficient (Wildman–Crippen LogP) is 3.07. The fourth-order valence-electron chi connectivity index (χ4n) is 5.05. The van der Waals surface area contributed by atoms with E-state index in [0.717, 1.165) is 22.4 Å². The minimum Gasteiger partial charge on any atom is -0.493 e. The van der Waals surface area contributed by atoms with Crippen LogP contribution in [-0.2, 0) is 16.0 Å². The lowest BCUT2D eigenvalue weighted by molar-refractivity contribution is -0.122. The molecule has 1 aliphatic carbocycles. The normalized spacial score (nSPS) is 14.7. The van der Waals surface area contributed by atoms with Gasteiger partial charge in [-0.3, -0.25) is 14.4 Å². The van der Waals surface area contributed by atoms with Crippen LogP contribution >= 0.6 is 11.8 Å². The summed E-state index contributed by atoms with van der Waals surface area (Å²) in [6.07, 6.45) is 3.71. The summed E-state index contributed by atoms with van der Waals surface area (Å²) in [6, 6.07) is 6.03. The van der Waals surface area contributed by atoms with Gasteiger partial charge in [-0.2, -0.15) is 11.8 Å². The molecule has 0 radical (unpaired) electrons. The number of nitrogens with zero attached hydrogens (tertiary/aromatic N) is 1. The first kappa shape index (κ1) is 32.1. The smallest absolute Gasteiger partial charge is 0.242 e. The number of carbonyl (C=O) groups is 2. The van der Waals surface area contributed by atoms with E-state index in [1.807, 2.05) is 37.4 Å². The van der Waals surface area contributed by atoms with Crippen molar-refractivity contribution in [1.82, 2.24) is 15.5 Å². The molecule has 0 aromatic heterocycles. The molecule has 2 atom stereocenters. The number of likely N-dealkylation sites (N-methyl/N-ethyl adjacent to an activating group) is 1. The maximum absolute atomic E-state index is 13.7. The number of anilines is 1. The molecule has 2 aromatic rings. The number of carbonyl (C=O) groups excluding carboxylic acids is 2. The Morgan fingerprint density at radius 1 is 1.10 bits per heavy atom. The van der Waals surface area contributed by atoms with Gasteiger partial charge in [0.25, 0.3) is 0 Å². The van der Waals surface area contributed by atoms with E-state index in [4.69, 9.17) is 14.2 Å². The molecule has 0 saturated carbocycles. The van der Waals surface area contributed by atoms with Crippen molar-refractivity contribution in [2.45, 2.75) is 38.3 Å². The third kappa shape index (κ3) is 7.85. The summed E-state index contributed by atoms with van der Waals surface area (Å²) in [6.45, 7) is 2.68. The predicted molar refractivity (Wildman–Crippen MR) is 165 cm³/mol. The second-order valence-corrected chi connectivity index (χ2v) is 11.2. The Morgan fingerprint density at radius 2 is 1.83 bits per heavy atom. The molecule has 224 valence electrons. The molecule has 3 N–H and O–H groups in total. The number of rotatable bonds is 13. The maximum Gasteiger partial charge on any atom is 0.242 e. The molecule has 3 rings (SSSR count). The van der Waals surface area contributed by atoms with Gasteiger partial charge >= 0.3 is 0 Å². The van der Waals surface area contributed by atoms with Crippen LogP contribution in [0.4, 0.5) is 5.69 Å². The number of hydrogen-bond acceptors (Lipinski definition) is 9. The SMILES string of the molecule is COc1cc2c(c(OC)c1OC)-c1ccc(N[C@H](CCSC)C(=O)NCCN(C)C)c(=O)cc1[C@H](NC(C)=O)CC2. The molecule has 0 saturated heterocycles. The van der Waals surface area contributed by atoms with Crippen LogP contribution in [0.15, 0.2) is 29.1 Å². The molecule has 11 heteroatoms. The van der Waals surface area contributed by atoms with Crippen LogP contribution in [0.2, 0.25) is 0 Å². The molecular weight excluding hydrogens is 544 g/mol. The van der Waals surface area contributed by atoms with E-state index in [1.54, 1.807) is 45.2 Å². The van der Waals surface area contributed by atoms with Gasteiger partial charge < -0.3 is 35.1 Å². The third-order valence-electron chi connectivity index (χ3n) is 7.03. The number of ether oxygens (including phenoxy) is 3. The molecule has 41 heavy (non-hydrogen) atoms. The van der Waals surface area contributed by atoms with E-state index in [-0.39, 0.29) is 17.2 Å². The van der Waals surface area contributed by atoms with Crippen LogP contribution < -0.4 is 35.6 Å². The third-order valence-corrected chi connectivity index (χ3v) is 7.68. The van der Waals surface area contributed by atoms with Crippen molar-refractivity contribution in [2.75, 3.05) is 65.8 Å². The lowest BCUT2D eigenvalue weighted by Crippen LogP contribution is -2.43. The molecule has 0 fully saturated rings. The van der Waals surface area contributed by atoms with Crippen molar-refractivity contribution < 1.29 is 23.8 Å². The number of nitrogens with one attached hydrogen (secondary N) is 3. The minimum absolute atomic E-state index is 0.159. The zero-order chi connectivity index (χ0) is 30.1. The highest BCUT2D eigenvalue weighted by Gasteiger charge is 2.30. The van der Waals surface area contributed by atoms with E-state index in [1.165, 1.54) is 6.92 Å². The summed E-state index contributed by atoms with van der Waals surface area (Å²) in [5.74, 6) is 1.85. The molecule has 0 bridgehead atoms. The lowest BCUT2D eigenvalue weighted by atomic mass is 9.95. The molecule has 0 spiro atoms. The van der Waals surface area contributed by atoms with Crippen LogP contribution in [0.1, 0.15) is 36.9 Å². The maximum atomic E-state index is 13.7. The second-order valence-electron chi connectivity index (χ2n) is 10.2. The minimum atomic E-state index is -0.586. The summed E-state index contributed by atoms with van der Waals surface area (Å²) in [7, 11) is 8.57. The van der Waals surface area contributed by atoms with Crippen LogP contribution in [0.5, 0.6) is 17.2 Å². The average Bonchev–Trinajstić information content (AvgIpc) is 3.18.